The summed E-state index contributed by atoms with van der Waals surface area (Å²) in [4.78, 5) is 12.8. The predicted octanol–water partition coefficient (Wildman–Crippen LogP) is 4.82. The van der Waals surface area contributed by atoms with Crippen LogP contribution in [-0.4, -0.2) is 5.91 Å². The van der Waals surface area contributed by atoms with Gasteiger partial charge in [0.1, 0.15) is 0 Å². The van der Waals surface area contributed by atoms with E-state index in [-0.39, 0.29) is 11.4 Å². The maximum Gasteiger partial charge on any atom is 0.252 e. The molecule has 0 bridgehead atoms. The van der Waals surface area contributed by atoms with Crippen LogP contribution in [-0.2, 0) is 12.0 Å². The number of nitrogens with one attached hydrogen (secondary N) is 1. The first kappa shape index (κ1) is 14.9. The lowest BCUT2D eigenvalue weighted by atomic mass is 9.99. The Morgan fingerprint density at radius 3 is 2.42 bits per heavy atom. The van der Waals surface area contributed by atoms with Gasteiger partial charge >= 0.3 is 0 Å². The zero-order chi connectivity index (χ0) is 16.6. The Hall–Kier alpha value is -2.61. The second-order valence-corrected chi connectivity index (χ2v) is 6.61. The molecule has 2 heteroatoms. The third-order valence-corrected chi connectivity index (χ3v) is 5.05. The van der Waals surface area contributed by atoms with E-state index in [0.29, 0.717) is 0 Å². The van der Waals surface area contributed by atoms with Crippen molar-refractivity contribution in [1.82, 2.24) is 5.32 Å². The van der Waals surface area contributed by atoms with E-state index >= 15 is 0 Å². The lowest BCUT2D eigenvalue weighted by Crippen LogP contribution is -2.35. The van der Waals surface area contributed by atoms with Gasteiger partial charge in [0.2, 0.25) is 0 Å². The fourth-order valence-corrected chi connectivity index (χ4v) is 3.43. The van der Waals surface area contributed by atoms with E-state index in [1.54, 1.807) is 0 Å². The molecule has 1 aliphatic carbocycles. The zero-order valence-electron chi connectivity index (χ0n) is 13.9. The van der Waals surface area contributed by atoms with Gasteiger partial charge in [0, 0.05) is 5.56 Å². The Balaban J connectivity index is 1.64. The van der Waals surface area contributed by atoms with Crippen molar-refractivity contribution in [3.8, 4) is 0 Å². The maximum absolute atomic E-state index is 12.8. The van der Waals surface area contributed by atoms with E-state index in [1.807, 2.05) is 24.3 Å². The summed E-state index contributed by atoms with van der Waals surface area (Å²) in [5.41, 5.74) is 2.92. The van der Waals surface area contributed by atoms with Crippen LogP contribution in [0.15, 0.2) is 66.7 Å². The van der Waals surface area contributed by atoms with Crippen LogP contribution in [0, 0.1) is 0 Å². The number of aryl methyl sites for hydroxylation is 1. The Morgan fingerprint density at radius 1 is 0.958 bits per heavy atom. The Kier molecular flexibility index (Phi) is 3.61. The van der Waals surface area contributed by atoms with E-state index < -0.39 is 0 Å². The zero-order valence-corrected chi connectivity index (χ0v) is 13.9. The van der Waals surface area contributed by atoms with Crippen LogP contribution < -0.4 is 5.32 Å². The van der Waals surface area contributed by atoms with Gasteiger partial charge in [0.25, 0.3) is 5.91 Å². The van der Waals surface area contributed by atoms with Crippen LogP contribution in [0.2, 0.25) is 0 Å². The summed E-state index contributed by atoms with van der Waals surface area (Å²) >= 11 is 0. The third kappa shape index (κ3) is 2.58. The second-order valence-electron chi connectivity index (χ2n) is 6.61. The maximum atomic E-state index is 12.8. The van der Waals surface area contributed by atoms with Gasteiger partial charge < -0.3 is 5.32 Å². The summed E-state index contributed by atoms with van der Waals surface area (Å²) < 4.78 is 0. The highest BCUT2D eigenvalue weighted by atomic mass is 16.1. The van der Waals surface area contributed by atoms with Crippen molar-refractivity contribution in [3.05, 3.63) is 83.4 Å². The Morgan fingerprint density at radius 2 is 1.67 bits per heavy atom. The minimum absolute atomic E-state index is 0.0399. The van der Waals surface area contributed by atoms with E-state index in [9.17, 15) is 4.79 Å². The second kappa shape index (κ2) is 5.79. The molecule has 0 saturated heterocycles. The number of benzene rings is 3. The van der Waals surface area contributed by atoms with E-state index in [4.69, 9.17) is 0 Å². The quantitative estimate of drug-likeness (QED) is 0.734. The highest BCUT2D eigenvalue weighted by Gasteiger charge is 2.45. The number of hydrogen-bond donors (Lipinski definition) is 1. The van der Waals surface area contributed by atoms with Crippen molar-refractivity contribution in [1.29, 1.82) is 0 Å². The molecule has 0 radical (unpaired) electrons. The number of carbonyl (C=O) groups is 1. The first-order valence-electron chi connectivity index (χ1n) is 8.61. The Labute approximate surface area is 142 Å². The molecule has 120 valence electrons. The highest BCUT2D eigenvalue weighted by molar-refractivity contribution is 5.96. The standard InChI is InChI=1S/C22H21NO/c1-2-16-7-5-6-10-20(16)21(24)23-22(13-14-22)19-12-11-17-8-3-4-9-18(17)15-19/h3-12,15H,2,13-14H2,1H3,(H,23,24). The summed E-state index contributed by atoms with van der Waals surface area (Å²) in [6.07, 6.45) is 2.88. The SMILES string of the molecule is CCc1ccccc1C(=O)NC1(c2ccc3ccccc3c2)CC1. The number of hydrogen-bond acceptors (Lipinski definition) is 1. The predicted molar refractivity (Wildman–Crippen MR) is 98.1 cm³/mol. The van der Waals surface area contributed by atoms with Gasteiger partial charge in [-0.15, -0.1) is 0 Å². The number of carbonyl (C=O) groups excluding carboxylic acids is 1. The van der Waals surface area contributed by atoms with Gasteiger partial charge in [0.05, 0.1) is 5.54 Å². The van der Waals surface area contributed by atoms with Gasteiger partial charge in [-0.1, -0.05) is 61.5 Å². The molecule has 1 amide bonds. The van der Waals surface area contributed by atoms with Crippen LogP contribution in [0.5, 0.6) is 0 Å². The van der Waals surface area contributed by atoms with Crippen molar-refractivity contribution in [2.75, 3.05) is 0 Å². The average molecular weight is 315 g/mol. The van der Waals surface area contributed by atoms with E-state index in [2.05, 4.69) is 54.7 Å². The molecule has 1 aliphatic rings. The summed E-state index contributed by atoms with van der Waals surface area (Å²) in [5, 5.41) is 5.76. The Bertz CT molecular complexity index is 908. The highest BCUT2D eigenvalue weighted by Crippen LogP contribution is 2.46. The lowest BCUT2D eigenvalue weighted by Gasteiger charge is -2.19. The van der Waals surface area contributed by atoms with Crippen molar-refractivity contribution in [2.24, 2.45) is 0 Å². The van der Waals surface area contributed by atoms with Gasteiger partial charge in [0.15, 0.2) is 0 Å². The molecular formula is C22H21NO. The first-order valence-corrected chi connectivity index (χ1v) is 8.61. The van der Waals surface area contributed by atoms with Gasteiger partial charge in [-0.2, -0.15) is 0 Å². The van der Waals surface area contributed by atoms with Gasteiger partial charge in [-0.3, -0.25) is 4.79 Å². The summed E-state index contributed by atoms with van der Waals surface area (Å²) in [7, 11) is 0. The molecule has 1 fully saturated rings. The minimum Gasteiger partial charge on any atom is -0.343 e. The average Bonchev–Trinajstić information content (AvgIpc) is 3.42. The fourth-order valence-electron chi connectivity index (χ4n) is 3.43. The topological polar surface area (TPSA) is 29.1 Å². The molecule has 1 saturated carbocycles. The molecule has 2 nitrogen and oxygen atoms in total. The van der Waals surface area contributed by atoms with E-state index in [1.165, 1.54) is 16.3 Å². The van der Waals surface area contributed by atoms with Crippen LogP contribution in [0.1, 0.15) is 41.3 Å². The molecule has 0 heterocycles. The number of rotatable bonds is 4. The van der Waals surface area contributed by atoms with Crippen LogP contribution in [0.25, 0.3) is 10.8 Å². The third-order valence-electron chi connectivity index (χ3n) is 5.05. The molecular weight excluding hydrogens is 294 g/mol. The van der Waals surface area contributed by atoms with Crippen molar-refractivity contribution >= 4 is 16.7 Å². The monoisotopic (exact) mass is 315 g/mol. The largest absolute Gasteiger partial charge is 0.343 e. The minimum atomic E-state index is -0.192. The molecule has 0 aliphatic heterocycles. The number of amides is 1. The van der Waals surface area contributed by atoms with Crippen molar-refractivity contribution < 1.29 is 4.79 Å². The molecule has 0 atom stereocenters. The van der Waals surface area contributed by atoms with Crippen molar-refractivity contribution in [2.45, 2.75) is 31.7 Å². The molecule has 3 aromatic rings. The lowest BCUT2D eigenvalue weighted by molar-refractivity contribution is 0.0930. The summed E-state index contributed by atoms with van der Waals surface area (Å²) in [6.45, 7) is 2.09. The first-order chi connectivity index (χ1) is 11.7. The van der Waals surface area contributed by atoms with Crippen molar-refractivity contribution in [3.63, 3.8) is 0 Å². The molecule has 0 aromatic heterocycles. The molecule has 24 heavy (non-hydrogen) atoms. The van der Waals surface area contributed by atoms with Crippen LogP contribution >= 0.6 is 0 Å². The van der Waals surface area contributed by atoms with E-state index in [0.717, 1.165) is 30.4 Å². The number of fused-ring (bicyclic) bond motifs is 1. The molecule has 1 N–H and O–H groups in total. The fraction of sp³-hybridized carbons (Fsp3) is 0.227. The van der Waals surface area contributed by atoms with Gasteiger partial charge in [-0.05, 0) is 53.3 Å². The normalized spacial score (nSPS) is 15.2. The summed E-state index contributed by atoms with van der Waals surface area (Å²) in [6, 6.07) is 22.8. The van der Waals surface area contributed by atoms with Gasteiger partial charge in [-0.25, -0.2) is 0 Å². The molecule has 4 rings (SSSR count). The molecule has 0 spiro atoms. The van der Waals surface area contributed by atoms with Crippen LogP contribution in [0.4, 0.5) is 0 Å². The molecule has 0 unspecified atom stereocenters. The van der Waals surface area contributed by atoms with Crippen LogP contribution in [0.3, 0.4) is 0 Å². The molecule has 3 aromatic carbocycles. The summed E-state index contributed by atoms with van der Waals surface area (Å²) in [5.74, 6) is 0.0399. The smallest absolute Gasteiger partial charge is 0.252 e.